The molecule has 0 saturated carbocycles. The Morgan fingerprint density at radius 1 is 1.64 bits per heavy atom. The summed E-state index contributed by atoms with van der Waals surface area (Å²) in [5, 5.41) is 1.56. The topological polar surface area (TPSA) is 38.3 Å². The number of allylic oxidation sites excluding steroid dienone is 2. The van der Waals surface area contributed by atoms with Crippen molar-refractivity contribution >= 4 is 11.0 Å². The highest BCUT2D eigenvalue weighted by molar-refractivity contribution is 7.86. The van der Waals surface area contributed by atoms with Crippen LogP contribution in [0.4, 0.5) is 0 Å². The normalized spacial score (nSPS) is 22.8. The Kier molecular flexibility index (Phi) is 2.70. The van der Waals surface area contributed by atoms with E-state index in [1.165, 1.54) is 0 Å². The minimum absolute atomic E-state index is 0.109. The molecule has 62 valence electrons. The van der Waals surface area contributed by atoms with Crippen LogP contribution in [-0.4, -0.2) is 10.3 Å². The van der Waals surface area contributed by atoms with Gasteiger partial charge in [0.25, 0.3) is 0 Å². The molecule has 0 aromatic rings. The zero-order valence-corrected chi connectivity index (χ0v) is 7.35. The SMILES string of the molecule is CC(C)OC1=CC=CS(=O)N1. The summed E-state index contributed by atoms with van der Waals surface area (Å²) in [6, 6.07) is 0. The molecule has 0 fully saturated rings. The van der Waals surface area contributed by atoms with Crippen LogP contribution in [0.3, 0.4) is 0 Å². The Hall–Kier alpha value is -0.770. The van der Waals surface area contributed by atoms with E-state index in [-0.39, 0.29) is 6.10 Å². The van der Waals surface area contributed by atoms with Crippen molar-refractivity contribution in [2.24, 2.45) is 0 Å². The first-order valence-electron chi connectivity index (χ1n) is 3.41. The fourth-order valence-electron chi connectivity index (χ4n) is 0.682. The molecule has 4 heteroatoms. The molecule has 0 aromatic carbocycles. The quantitative estimate of drug-likeness (QED) is 0.677. The van der Waals surface area contributed by atoms with Crippen LogP contribution in [0.1, 0.15) is 13.8 Å². The van der Waals surface area contributed by atoms with Gasteiger partial charge in [0.15, 0.2) is 5.88 Å². The molecule has 0 aliphatic carbocycles. The molecule has 0 spiro atoms. The van der Waals surface area contributed by atoms with E-state index in [1.807, 2.05) is 13.8 Å². The molecular weight excluding hydrogens is 162 g/mol. The highest BCUT2D eigenvalue weighted by Gasteiger charge is 2.05. The average Bonchev–Trinajstić information content (AvgIpc) is 1.85. The van der Waals surface area contributed by atoms with Crippen molar-refractivity contribution in [2.45, 2.75) is 20.0 Å². The third-order valence-electron chi connectivity index (χ3n) is 1.01. The number of rotatable bonds is 2. The molecule has 1 aliphatic heterocycles. The summed E-state index contributed by atoms with van der Waals surface area (Å²) in [6.45, 7) is 3.84. The fraction of sp³-hybridized carbons (Fsp3) is 0.429. The summed E-state index contributed by atoms with van der Waals surface area (Å²) in [5.74, 6) is 0.570. The van der Waals surface area contributed by atoms with Gasteiger partial charge in [0.1, 0.15) is 11.0 Å². The molecule has 1 heterocycles. The first kappa shape index (κ1) is 8.33. The van der Waals surface area contributed by atoms with E-state index in [0.717, 1.165) is 0 Å². The maximum Gasteiger partial charge on any atom is 0.199 e. The van der Waals surface area contributed by atoms with Gasteiger partial charge in [0, 0.05) is 5.41 Å². The monoisotopic (exact) mass is 173 g/mol. The van der Waals surface area contributed by atoms with Gasteiger partial charge in [-0.15, -0.1) is 0 Å². The van der Waals surface area contributed by atoms with Gasteiger partial charge in [-0.1, -0.05) is 0 Å². The van der Waals surface area contributed by atoms with E-state index in [4.69, 9.17) is 4.74 Å². The molecule has 1 rings (SSSR count). The number of ether oxygens (including phenoxy) is 1. The molecule has 1 N–H and O–H groups in total. The largest absolute Gasteiger partial charge is 0.476 e. The van der Waals surface area contributed by atoms with Gasteiger partial charge in [0.05, 0.1) is 6.10 Å². The fourth-order valence-corrected chi connectivity index (χ4v) is 1.29. The molecule has 0 amide bonds. The van der Waals surface area contributed by atoms with Gasteiger partial charge in [-0.3, -0.25) is 4.72 Å². The number of nitrogens with one attached hydrogen (secondary N) is 1. The summed E-state index contributed by atoms with van der Waals surface area (Å²) >= 11 is 0. The second-order valence-electron chi connectivity index (χ2n) is 2.43. The number of hydrogen-bond acceptors (Lipinski definition) is 2. The van der Waals surface area contributed by atoms with Crippen LogP contribution in [0.2, 0.25) is 0 Å². The molecule has 1 atom stereocenters. The van der Waals surface area contributed by atoms with Crippen LogP contribution >= 0.6 is 0 Å². The van der Waals surface area contributed by atoms with Crippen LogP contribution in [0.25, 0.3) is 0 Å². The van der Waals surface area contributed by atoms with Crippen LogP contribution < -0.4 is 4.72 Å². The van der Waals surface area contributed by atoms with E-state index in [9.17, 15) is 4.21 Å². The maximum atomic E-state index is 10.8. The molecule has 11 heavy (non-hydrogen) atoms. The summed E-state index contributed by atoms with van der Waals surface area (Å²) in [5.41, 5.74) is 0. The summed E-state index contributed by atoms with van der Waals surface area (Å²) < 4.78 is 18.8. The lowest BCUT2D eigenvalue weighted by Crippen LogP contribution is -2.21. The average molecular weight is 173 g/mol. The third-order valence-corrected chi connectivity index (χ3v) is 1.82. The van der Waals surface area contributed by atoms with Gasteiger partial charge in [0.2, 0.25) is 0 Å². The first-order chi connectivity index (χ1) is 5.18. The van der Waals surface area contributed by atoms with Crippen molar-refractivity contribution in [3.63, 3.8) is 0 Å². The Morgan fingerprint density at radius 3 is 2.91 bits per heavy atom. The van der Waals surface area contributed by atoms with E-state index >= 15 is 0 Å². The molecule has 1 unspecified atom stereocenters. The molecule has 0 radical (unpaired) electrons. The number of hydrogen-bond donors (Lipinski definition) is 1. The second-order valence-corrected chi connectivity index (χ2v) is 3.50. The zero-order valence-electron chi connectivity index (χ0n) is 6.53. The lowest BCUT2D eigenvalue weighted by Gasteiger charge is -2.14. The van der Waals surface area contributed by atoms with E-state index in [1.54, 1.807) is 17.6 Å². The van der Waals surface area contributed by atoms with E-state index < -0.39 is 11.0 Å². The molecule has 0 saturated heterocycles. The Bertz CT molecular complexity index is 220. The molecule has 3 nitrogen and oxygen atoms in total. The predicted octanol–water partition coefficient (Wildman–Crippen LogP) is 1.03. The van der Waals surface area contributed by atoms with Crippen molar-refractivity contribution in [1.29, 1.82) is 0 Å². The minimum atomic E-state index is -1.11. The first-order valence-corrected chi connectivity index (χ1v) is 4.62. The van der Waals surface area contributed by atoms with Crippen molar-refractivity contribution < 1.29 is 8.95 Å². The molecule has 0 aromatic heterocycles. The van der Waals surface area contributed by atoms with Crippen LogP contribution in [-0.2, 0) is 15.7 Å². The molecule has 0 bridgehead atoms. The molecular formula is C7H11NO2S. The van der Waals surface area contributed by atoms with Crippen molar-refractivity contribution in [3.8, 4) is 0 Å². The van der Waals surface area contributed by atoms with E-state index in [0.29, 0.717) is 5.88 Å². The minimum Gasteiger partial charge on any atom is -0.476 e. The summed E-state index contributed by atoms with van der Waals surface area (Å²) in [4.78, 5) is 0. The van der Waals surface area contributed by atoms with Crippen LogP contribution in [0, 0.1) is 0 Å². The van der Waals surface area contributed by atoms with Crippen molar-refractivity contribution in [1.82, 2.24) is 4.72 Å². The third kappa shape index (κ3) is 2.76. The van der Waals surface area contributed by atoms with Crippen LogP contribution in [0.15, 0.2) is 23.4 Å². The van der Waals surface area contributed by atoms with Gasteiger partial charge in [-0.25, -0.2) is 4.21 Å². The van der Waals surface area contributed by atoms with Gasteiger partial charge in [-0.2, -0.15) is 0 Å². The van der Waals surface area contributed by atoms with E-state index in [2.05, 4.69) is 4.72 Å². The summed E-state index contributed by atoms with van der Waals surface area (Å²) in [6.07, 6.45) is 3.57. The van der Waals surface area contributed by atoms with Crippen molar-refractivity contribution in [3.05, 3.63) is 23.4 Å². The van der Waals surface area contributed by atoms with Crippen molar-refractivity contribution in [2.75, 3.05) is 0 Å². The van der Waals surface area contributed by atoms with Crippen LogP contribution in [0.5, 0.6) is 0 Å². The summed E-state index contributed by atoms with van der Waals surface area (Å²) in [7, 11) is -1.11. The highest BCUT2D eigenvalue weighted by Crippen LogP contribution is 2.04. The Morgan fingerprint density at radius 2 is 2.36 bits per heavy atom. The Balaban J connectivity index is 2.52. The molecule has 1 aliphatic rings. The van der Waals surface area contributed by atoms with Gasteiger partial charge >= 0.3 is 0 Å². The lowest BCUT2D eigenvalue weighted by atomic mass is 10.5. The maximum absolute atomic E-state index is 10.8. The van der Waals surface area contributed by atoms with Gasteiger partial charge < -0.3 is 4.74 Å². The lowest BCUT2D eigenvalue weighted by molar-refractivity contribution is 0.140. The predicted molar refractivity (Wildman–Crippen MR) is 44.7 cm³/mol. The second kappa shape index (κ2) is 3.57. The zero-order chi connectivity index (χ0) is 8.27. The highest BCUT2D eigenvalue weighted by atomic mass is 32.2. The smallest absolute Gasteiger partial charge is 0.199 e. The van der Waals surface area contributed by atoms with Gasteiger partial charge in [-0.05, 0) is 26.0 Å². The Labute approximate surface area is 68.7 Å². The standard InChI is InChI=1S/C7H11NO2S/c1-6(2)10-7-4-3-5-11(9)8-7/h3-6,8H,1-2H3.